The SMILES string of the molecule is O=C(O)CCC(=O)c1cccs1.O=C1CCC(=O)O1.[Cl][Al]([Cl])[Cl].c1ccsc1. The zero-order valence-electron chi connectivity index (χ0n) is 14.4. The first-order valence-corrected chi connectivity index (χ1v) is 14.7. The van der Waals surface area contributed by atoms with Crippen LogP contribution in [0.25, 0.3) is 0 Å². The second kappa shape index (κ2) is 17.0. The highest BCUT2D eigenvalue weighted by Gasteiger charge is 2.19. The maximum Gasteiger partial charge on any atom is 0.643 e. The molecule has 2 aromatic heterocycles. The smallest absolute Gasteiger partial charge is 0.481 e. The van der Waals surface area contributed by atoms with Crippen molar-refractivity contribution < 1.29 is 29.0 Å². The van der Waals surface area contributed by atoms with E-state index in [1.807, 2.05) is 22.9 Å². The van der Waals surface area contributed by atoms with Gasteiger partial charge in [-0.1, -0.05) is 18.2 Å². The maximum absolute atomic E-state index is 11.2. The van der Waals surface area contributed by atoms with E-state index in [4.69, 9.17) is 35.3 Å². The van der Waals surface area contributed by atoms with Crippen LogP contribution in [0.15, 0.2) is 40.4 Å². The largest absolute Gasteiger partial charge is 0.643 e. The van der Waals surface area contributed by atoms with Gasteiger partial charge < -0.3 is 9.84 Å². The molecule has 1 N–H and O–H groups in total. The lowest BCUT2D eigenvalue weighted by atomic mass is 10.2. The van der Waals surface area contributed by atoms with E-state index >= 15 is 0 Å². The van der Waals surface area contributed by atoms with E-state index in [1.54, 1.807) is 28.8 Å². The van der Waals surface area contributed by atoms with Crippen molar-refractivity contribution in [2.45, 2.75) is 25.7 Å². The van der Waals surface area contributed by atoms with Crippen LogP contribution >= 0.6 is 52.8 Å². The normalized spacial score (nSPS) is 11.5. The summed E-state index contributed by atoms with van der Waals surface area (Å²) in [6, 6.07) is 7.52. The number of esters is 2. The van der Waals surface area contributed by atoms with Gasteiger partial charge in [-0.3, -0.25) is 19.2 Å². The molecule has 2 aromatic rings. The van der Waals surface area contributed by atoms with Gasteiger partial charge in [0.25, 0.3) is 0 Å². The second-order valence-electron chi connectivity index (χ2n) is 4.68. The Morgan fingerprint density at radius 2 is 1.54 bits per heavy atom. The molecule has 0 atom stereocenters. The number of cyclic esters (lactones) is 2. The number of ether oxygens (including phenoxy) is 1. The van der Waals surface area contributed by atoms with Crippen LogP contribution in [-0.4, -0.2) is 40.2 Å². The van der Waals surface area contributed by atoms with Gasteiger partial charge in [0.05, 0.1) is 24.1 Å². The molecule has 0 spiro atoms. The number of carbonyl (C=O) groups excluding carboxylic acids is 3. The molecule has 152 valence electrons. The highest BCUT2D eigenvalue weighted by Crippen LogP contribution is 2.12. The van der Waals surface area contributed by atoms with E-state index in [1.165, 1.54) is 11.3 Å². The van der Waals surface area contributed by atoms with Crippen molar-refractivity contribution >= 4 is 87.9 Å². The third-order valence-electron chi connectivity index (χ3n) is 2.55. The van der Waals surface area contributed by atoms with Gasteiger partial charge in [-0.25, -0.2) is 30.1 Å². The topological polar surface area (TPSA) is 97.7 Å². The number of thiophene rings is 2. The fourth-order valence-corrected chi connectivity index (χ4v) is 2.59. The Morgan fingerprint density at radius 3 is 1.82 bits per heavy atom. The lowest BCUT2D eigenvalue weighted by Crippen LogP contribution is -2.01. The molecule has 3 heterocycles. The Labute approximate surface area is 187 Å². The van der Waals surface area contributed by atoms with Gasteiger partial charge in [-0.2, -0.15) is 11.3 Å². The van der Waals surface area contributed by atoms with Crippen molar-refractivity contribution in [1.29, 1.82) is 0 Å². The zero-order chi connectivity index (χ0) is 21.4. The van der Waals surface area contributed by atoms with Crippen LogP contribution in [0.2, 0.25) is 0 Å². The molecular formula is C16H16AlCl3O6S2. The van der Waals surface area contributed by atoms with E-state index < -0.39 is 29.3 Å². The fourth-order valence-electron chi connectivity index (χ4n) is 1.44. The summed E-state index contributed by atoms with van der Waals surface area (Å²) >= 11 is 1.33. The van der Waals surface area contributed by atoms with Crippen molar-refractivity contribution in [2.24, 2.45) is 0 Å². The van der Waals surface area contributed by atoms with Crippen LogP contribution in [0.3, 0.4) is 0 Å². The number of halogens is 3. The van der Waals surface area contributed by atoms with Crippen molar-refractivity contribution in [3.63, 3.8) is 0 Å². The van der Waals surface area contributed by atoms with Gasteiger partial charge in [0.1, 0.15) is 0 Å². The lowest BCUT2D eigenvalue weighted by molar-refractivity contribution is -0.152. The van der Waals surface area contributed by atoms with Crippen LogP contribution in [0.1, 0.15) is 35.4 Å². The predicted octanol–water partition coefficient (Wildman–Crippen LogP) is 5.08. The molecule has 12 heteroatoms. The number of carboxylic acid groups (broad SMARTS) is 1. The zero-order valence-corrected chi connectivity index (χ0v) is 19.4. The molecule has 0 unspecified atom stereocenters. The number of hydrogen-bond acceptors (Lipinski definition) is 7. The Bertz CT molecular complexity index is 674. The quantitative estimate of drug-likeness (QED) is 0.271. The summed E-state index contributed by atoms with van der Waals surface area (Å²) in [6.45, 7) is 0. The first-order valence-electron chi connectivity index (χ1n) is 7.63. The molecule has 0 aliphatic carbocycles. The van der Waals surface area contributed by atoms with Crippen molar-refractivity contribution in [3.8, 4) is 0 Å². The van der Waals surface area contributed by atoms with E-state index in [0.29, 0.717) is 4.88 Å². The Balaban J connectivity index is 0.000000385. The van der Waals surface area contributed by atoms with Crippen molar-refractivity contribution in [2.75, 3.05) is 0 Å². The first-order chi connectivity index (χ1) is 13.2. The van der Waals surface area contributed by atoms with E-state index in [9.17, 15) is 19.2 Å². The minimum absolute atomic E-state index is 0.0866. The average molecular weight is 502 g/mol. The maximum atomic E-state index is 11.2. The second-order valence-corrected chi connectivity index (χ2v) is 12.9. The number of carbonyl (C=O) groups is 4. The molecule has 28 heavy (non-hydrogen) atoms. The van der Waals surface area contributed by atoms with Gasteiger partial charge in [0, 0.05) is 6.42 Å². The molecule has 0 radical (unpaired) electrons. The lowest BCUT2D eigenvalue weighted by Gasteiger charge is -1.92. The number of carboxylic acids is 1. The molecule has 1 aliphatic heterocycles. The minimum Gasteiger partial charge on any atom is -0.481 e. The van der Waals surface area contributed by atoms with Crippen LogP contribution in [-0.2, 0) is 19.1 Å². The Hall–Kier alpha value is -0.918. The van der Waals surface area contributed by atoms with Crippen LogP contribution in [0, 0.1) is 0 Å². The van der Waals surface area contributed by atoms with Crippen LogP contribution < -0.4 is 0 Å². The summed E-state index contributed by atoms with van der Waals surface area (Å²) in [7, 11) is 14.8. The highest BCUT2D eigenvalue weighted by atomic mass is 35.8. The van der Waals surface area contributed by atoms with Gasteiger partial charge >= 0.3 is 29.3 Å². The first kappa shape index (κ1) is 27.1. The number of Topliss-reactive ketones (excluding diaryl/α,β-unsaturated/α-hetero) is 1. The van der Waals surface area contributed by atoms with Gasteiger partial charge in [0.15, 0.2) is 5.78 Å². The summed E-state index contributed by atoms with van der Waals surface area (Å²) in [5.74, 6) is -1.82. The van der Waals surface area contributed by atoms with E-state index in [-0.39, 0.29) is 31.5 Å². The molecule has 6 nitrogen and oxygen atoms in total. The third kappa shape index (κ3) is 17.2. The number of hydrogen-bond donors (Lipinski definition) is 1. The molecule has 0 saturated carbocycles. The molecule has 0 bridgehead atoms. The summed E-state index contributed by atoms with van der Waals surface area (Å²) in [5.41, 5.74) is 0. The monoisotopic (exact) mass is 500 g/mol. The number of aliphatic carboxylic acids is 1. The van der Waals surface area contributed by atoms with Crippen molar-refractivity contribution in [3.05, 3.63) is 45.3 Å². The molecule has 1 aliphatic rings. The third-order valence-corrected chi connectivity index (χ3v) is 4.09. The summed E-state index contributed by atoms with van der Waals surface area (Å²) < 4.78 is 4.08. The van der Waals surface area contributed by atoms with Gasteiger partial charge in [-0.15, -0.1) is 11.3 Å². The Kier molecular flexibility index (Phi) is 16.4. The predicted molar refractivity (Wildman–Crippen MR) is 113 cm³/mol. The molecule has 1 saturated heterocycles. The van der Waals surface area contributed by atoms with Gasteiger partial charge in [0.2, 0.25) is 0 Å². The number of rotatable bonds is 4. The van der Waals surface area contributed by atoms with Gasteiger partial charge in [-0.05, 0) is 22.2 Å². The molecular weight excluding hydrogens is 486 g/mol. The van der Waals surface area contributed by atoms with Crippen LogP contribution in [0.5, 0.6) is 0 Å². The number of ketones is 1. The molecule has 0 aromatic carbocycles. The summed E-state index contributed by atoms with van der Waals surface area (Å²) in [6.07, 6.45) is 0.532. The summed E-state index contributed by atoms with van der Waals surface area (Å²) in [5, 5.41) is 14.2. The Morgan fingerprint density at radius 1 is 1.00 bits per heavy atom. The molecule has 3 rings (SSSR count). The summed E-state index contributed by atoms with van der Waals surface area (Å²) in [4.78, 5) is 41.9. The fraction of sp³-hybridized carbons (Fsp3) is 0.250. The van der Waals surface area contributed by atoms with E-state index in [0.717, 1.165) is 0 Å². The molecule has 1 fully saturated rings. The minimum atomic E-state index is -1.72. The van der Waals surface area contributed by atoms with Crippen LogP contribution in [0.4, 0.5) is 0 Å². The molecule has 0 amide bonds. The van der Waals surface area contributed by atoms with E-state index in [2.05, 4.69) is 4.74 Å². The standard InChI is InChI=1S/C8H8O3S.C4H4O3.C4H4S.Al.3ClH/c9-6(3-4-8(10)11)7-2-1-5-12-7;5-3-1-2-4(6)7-3;1-2-4-5-3-1;;;;/h1-2,5H,3-4H2,(H,10,11);1-2H2;1-4H;;3*1H/q;;;+3;;;/p-3. The average Bonchev–Trinajstić information content (AvgIpc) is 3.37. The van der Waals surface area contributed by atoms with Crippen molar-refractivity contribution in [1.82, 2.24) is 0 Å². The highest BCUT2D eigenvalue weighted by molar-refractivity contribution is 7.54.